The quantitative estimate of drug-likeness (QED) is 0.597. The lowest BCUT2D eigenvalue weighted by atomic mass is 10.2. The summed E-state index contributed by atoms with van der Waals surface area (Å²) in [6, 6.07) is 21.0. The number of nitrogens with zero attached hydrogens (tertiary/aromatic N) is 3. The van der Waals surface area contributed by atoms with Crippen LogP contribution in [0.1, 0.15) is 16.1 Å². The third-order valence-corrected chi connectivity index (χ3v) is 4.01. The zero-order chi connectivity index (χ0) is 17.8. The molecule has 0 fully saturated rings. The molecule has 0 bridgehead atoms. The number of hydrogen-bond acceptors (Lipinski definition) is 4. The Hall–Kier alpha value is -3.67. The molecular weight excluding hydrogens is 328 g/mol. The van der Waals surface area contributed by atoms with Crippen LogP contribution < -0.4 is 5.32 Å². The highest BCUT2D eigenvalue weighted by Crippen LogP contribution is 2.19. The molecular formula is C20H16N4O2. The van der Waals surface area contributed by atoms with Crippen LogP contribution in [0.5, 0.6) is 0 Å². The monoisotopic (exact) mass is 344 g/mol. The fraction of sp³-hybridized carbons (Fsp3) is 0.0500. The Kier molecular flexibility index (Phi) is 4.30. The van der Waals surface area contributed by atoms with Crippen LogP contribution in [0.4, 0.5) is 5.69 Å². The van der Waals surface area contributed by atoms with E-state index in [1.165, 1.54) is 6.39 Å². The van der Waals surface area contributed by atoms with Crippen molar-refractivity contribution in [3.05, 3.63) is 90.6 Å². The van der Waals surface area contributed by atoms with Crippen LogP contribution in [0.2, 0.25) is 0 Å². The molecule has 0 saturated heterocycles. The molecule has 0 aliphatic carbocycles. The zero-order valence-electron chi connectivity index (χ0n) is 13.9. The van der Waals surface area contributed by atoms with E-state index in [0.717, 1.165) is 11.1 Å². The molecule has 1 amide bonds. The highest BCUT2D eigenvalue weighted by atomic mass is 16.4. The van der Waals surface area contributed by atoms with Gasteiger partial charge in [0.1, 0.15) is 5.69 Å². The van der Waals surface area contributed by atoms with Gasteiger partial charge in [-0.25, -0.2) is 0 Å². The Bertz CT molecular complexity index is 990. The third kappa shape index (κ3) is 3.39. The van der Waals surface area contributed by atoms with Crippen molar-refractivity contribution in [3.8, 4) is 11.5 Å². The number of hydrogen-bond donors (Lipinski definition) is 1. The molecule has 4 aromatic rings. The lowest BCUT2D eigenvalue weighted by molar-refractivity contribution is 0.101. The number of carbonyl (C=O) groups is 1. The number of nitrogens with one attached hydrogen (secondary N) is 1. The molecule has 0 aliphatic heterocycles. The predicted octanol–water partition coefficient (Wildman–Crippen LogP) is 3.84. The van der Waals surface area contributed by atoms with Crippen molar-refractivity contribution >= 4 is 11.6 Å². The summed E-state index contributed by atoms with van der Waals surface area (Å²) in [5, 5.41) is 10.4. The van der Waals surface area contributed by atoms with Crippen molar-refractivity contribution in [1.82, 2.24) is 14.8 Å². The maximum Gasteiger partial charge on any atom is 0.272 e. The maximum absolute atomic E-state index is 12.6. The van der Waals surface area contributed by atoms with Gasteiger partial charge in [-0.2, -0.15) is 0 Å². The molecule has 0 unspecified atom stereocenters. The van der Waals surface area contributed by atoms with Crippen LogP contribution in [-0.4, -0.2) is 20.7 Å². The molecule has 2 heterocycles. The number of benzene rings is 2. The molecule has 128 valence electrons. The summed E-state index contributed by atoms with van der Waals surface area (Å²) in [5.74, 6) is 0.288. The number of carbonyl (C=O) groups excluding carboxylic acids is 1. The van der Waals surface area contributed by atoms with Gasteiger partial charge in [0, 0.05) is 24.0 Å². The van der Waals surface area contributed by atoms with E-state index in [9.17, 15) is 4.79 Å². The van der Waals surface area contributed by atoms with Gasteiger partial charge >= 0.3 is 0 Å². The standard InChI is InChI=1S/C20H16N4O2/c25-19(18-7-4-12-24(18)13-15-5-2-1-3-6-15)22-17-10-8-16(9-11-17)20-23-21-14-26-20/h1-12,14H,13H2,(H,22,25). The summed E-state index contributed by atoms with van der Waals surface area (Å²) < 4.78 is 7.09. The fourth-order valence-electron chi connectivity index (χ4n) is 2.73. The minimum absolute atomic E-state index is 0.156. The van der Waals surface area contributed by atoms with E-state index in [1.807, 2.05) is 77.5 Å². The molecule has 1 N–H and O–H groups in total. The second-order valence-corrected chi connectivity index (χ2v) is 5.78. The van der Waals surface area contributed by atoms with E-state index in [-0.39, 0.29) is 5.91 Å². The Morgan fingerprint density at radius 2 is 1.81 bits per heavy atom. The van der Waals surface area contributed by atoms with Gasteiger partial charge in [-0.05, 0) is 42.0 Å². The van der Waals surface area contributed by atoms with E-state index in [1.54, 1.807) is 0 Å². The minimum atomic E-state index is -0.156. The topological polar surface area (TPSA) is 73.0 Å². The zero-order valence-corrected chi connectivity index (χ0v) is 13.9. The molecule has 0 aliphatic rings. The van der Waals surface area contributed by atoms with Gasteiger partial charge in [0.25, 0.3) is 5.91 Å². The summed E-state index contributed by atoms with van der Waals surface area (Å²) >= 11 is 0. The van der Waals surface area contributed by atoms with E-state index in [0.29, 0.717) is 23.8 Å². The molecule has 6 heteroatoms. The Balaban J connectivity index is 1.48. The smallest absolute Gasteiger partial charge is 0.272 e. The van der Waals surface area contributed by atoms with Crippen LogP contribution in [-0.2, 0) is 6.54 Å². The average molecular weight is 344 g/mol. The molecule has 0 saturated carbocycles. The predicted molar refractivity (Wildman–Crippen MR) is 97.7 cm³/mol. The normalized spacial score (nSPS) is 10.6. The summed E-state index contributed by atoms with van der Waals surface area (Å²) in [4.78, 5) is 12.6. The first kappa shape index (κ1) is 15.8. The van der Waals surface area contributed by atoms with Gasteiger partial charge in [0.05, 0.1) is 0 Å². The highest BCUT2D eigenvalue weighted by Gasteiger charge is 2.12. The van der Waals surface area contributed by atoms with Crippen LogP contribution in [0.15, 0.2) is 83.7 Å². The van der Waals surface area contributed by atoms with Crippen molar-refractivity contribution in [1.29, 1.82) is 0 Å². The van der Waals surface area contributed by atoms with E-state index >= 15 is 0 Å². The number of amides is 1. The highest BCUT2D eigenvalue weighted by molar-refractivity contribution is 6.03. The second-order valence-electron chi connectivity index (χ2n) is 5.78. The van der Waals surface area contributed by atoms with Gasteiger partial charge in [-0.3, -0.25) is 4.79 Å². The Labute approximate surface area is 150 Å². The van der Waals surface area contributed by atoms with Crippen LogP contribution in [0, 0.1) is 0 Å². The second kappa shape index (κ2) is 7.06. The lowest BCUT2D eigenvalue weighted by Gasteiger charge is -2.10. The lowest BCUT2D eigenvalue weighted by Crippen LogP contribution is -2.17. The van der Waals surface area contributed by atoms with Crippen LogP contribution in [0.3, 0.4) is 0 Å². The van der Waals surface area contributed by atoms with Gasteiger partial charge in [0.15, 0.2) is 0 Å². The fourth-order valence-corrected chi connectivity index (χ4v) is 2.73. The first-order valence-electron chi connectivity index (χ1n) is 8.16. The van der Waals surface area contributed by atoms with Gasteiger partial charge in [0.2, 0.25) is 12.3 Å². The molecule has 4 rings (SSSR count). The number of anilines is 1. The summed E-state index contributed by atoms with van der Waals surface area (Å²) in [5.41, 5.74) is 3.25. The minimum Gasteiger partial charge on any atom is -0.423 e. The van der Waals surface area contributed by atoms with E-state index < -0.39 is 0 Å². The molecule has 6 nitrogen and oxygen atoms in total. The van der Waals surface area contributed by atoms with Gasteiger partial charge in [-0.1, -0.05) is 30.3 Å². The largest absolute Gasteiger partial charge is 0.423 e. The van der Waals surface area contributed by atoms with Crippen molar-refractivity contribution < 1.29 is 9.21 Å². The first-order valence-corrected chi connectivity index (χ1v) is 8.16. The molecule has 0 atom stereocenters. The van der Waals surface area contributed by atoms with Gasteiger partial charge in [-0.15, -0.1) is 10.2 Å². The number of rotatable bonds is 5. The average Bonchev–Trinajstić information content (AvgIpc) is 3.35. The summed E-state index contributed by atoms with van der Waals surface area (Å²) in [6.45, 7) is 0.646. The molecule has 2 aromatic carbocycles. The molecule has 2 aromatic heterocycles. The SMILES string of the molecule is O=C(Nc1ccc(-c2nnco2)cc1)c1cccn1Cc1ccccc1. The Morgan fingerprint density at radius 1 is 1.00 bits per heavy atom. The number of aromatic nitrogens is 3. The van der Waals surface area contributed by atoms with Gasteiger partial charge < -0.3 is 14.3 Å². The van der Waals surface area contributed by atoms with Crippen LogP contribution >= 0.6 is 0 Å². The summed E-state index contributed by atoms with van der Waals surface area (Å²) in [7, 11) is 0. The van der Waals surface area contributed by atoms with Crippen molar-refractivity contribution in [2.45, 2.75) is 6.54 Å². The van der Waals surface area contributed by atoms with E-state index in [2.05, 4.69) is 15.5 Å². The summed E-state index contributed by atoms with van der Waals surface area (Å²) in [6.07, 6.45) is 3.19. The van der Waals surface area contributed by atoms with E-state index in [4.69, 9.17) is 4.42 Å². The molecule has 0 spiro atoms. The molecule has 0 radical (unpaired) electrons. The maximum atomic E-state index is 12.6. The Morgan fingerprint density at radius 3 is 2.54 bits per heavy atom. The third-order valence-electron chi connectivity index (χ3n) is 4.01. The first-order chi connectivity index (χ1) is 12.8. The van der Waals surface area contributed by atoms with Crippen molar-refractivity contribution in [2.24, 2.45) is 0 Å². The van der Waals surface area contributed by atoms with Crippen LogP contribution in [0.25, 0.3) is 11.5 Å². The molecule has 26 heavy (non-hydrogen) atoms. The van der Waals surface area contributed by atoms with Crippen molar-refractivity contribution in [2.75, 3.05) is 5.32 Å². The van der Waals surface area contributed by atoms with Crippen molar-refractivity contribution in [3.63, 3.8) is 0 Å².